The molecule has 3 rings (SSSR count). The van der Waals surface area contributed by atoms with Crippen LogP contribution in [0.1, 0.15) is 25.7 Å². The fourth-order valence-electron chi connectivity index (χ4n) is 2.78. The summed E-state index contributed by atoms with van der Waals surface area (Å²) >= 11 is 0. The Morgan fingerprint density at radius 3 is 2.62 bits per heavy atom. The molecule has 1 aliphatic heterocycles. The summed E-state index contributed by atoms with van der Waals surface area (Å²) < 4.78 is 25.9. The second-order valence-electron chi connectivity index (χ2n) is 5.65. The van der Waals surface area contributed by atoms with Crippen molar-refractivity contribution in [2.75, 3.05) is 11.9 Å². The highest BCUT2D eigenvalue weighted by Gasteiger charge is 2.39. The topological polar surface area (TPSA) is 49.4 Å². The predicted octanol–water partition coefficient (Wildman–Crippen LogP) is 2.30. The van der Waals surface area contributed by atoms with Crippen molar-refractivity contribution in [3.8, 4) is 0 Å². The van der Waals surface area contributed by atoms with Gasteiger partial charge in [-0.2, -0.15) is 0 Å². The van der Waals surface area contributed by atoms with Gasteiger partial charge in [0.05, 0.1) is 5.92 Å². The predicted molar refractivity (Wildman–Crippen MR) is 72.4 cm³/mol. The van der Waals surface area contributed by atoms with Crippen molar-refractivity contribution < 1.29 is 18.4 Å². The van der Waals surface area contributed by atoms with E-state index in [4.69, 9.17) is 0 Å². The average Bonchev–Trinajstić information content (AvgIpc) is 2.74. The second-order valence-corrected chi connectivity index (χ2v) is 5.65. The van der Waals surface area contributed by atoms with Gasteiger partial charge >= 0.3 is 0 Å². The Labute approximate surface area is 121 Å². The van der Waals surface area contributed by atoms with Gasteiger partial charge in [-0.05, 0) is 31.4 Å². The average molecular weight is 294 g/mol. The van der Waals surface area contributed by atoms with E-state index in [9.17, 15) is 18.4 Å². The molecule has 1 heterocycles. The lowest BCUT2D eigenvalue weighted by Gasteiger charge is -2.34. The van der Waals surface area contributed by atoms with Gasteiger partial charge in [0.1, 0.15) is 0 Å². The van der Waals surface area contributed by atoms with Crippen LogP contribution in [0.3, 0.4) is 0 Å². The molecule has 1 saturated carbocycles. The van der Waals surface area contributed by atoms with Gasteiger partial charge in [-0.15, -0.1) is 0 Å². The first kappa shape index (κ1) is 14.0. The maximum absolute atomic E-state index is 13.1. The zero-order valence-corrected chi connectivity index (χ0v) is 11.4. The third-order valence-corrected chi connectivity index (χ3v) is 4.23. The van der Waals surface area contributed by atoms with Crippen LogP contribution in [0.5, 0.6) is 0 Å². The van der Waals surface area contributed by atoms with Crippen LogP contribution in [0.2, 0.25) is 0 Å². The third kappa shape index (κ3) is 2.75. The number of rotatable bonds is 3. The summed E-state index contributed by atoms with van der Waals surface area (Å²) in [6.07, 6.45) is 3.32. The lowest BCUT2D eigenvalue weighted by Crippen LogP contribution is -2.41. The molecule has 2 aliphatic rings. The monoisotopic (exact) mass is 294 g/mol. The zero-order chi connectivity index (χ0) is 15.0. The number of hydrogen-bond donors (Lipinski definition) is 1. The fourth-order valence-corrected chi connectivity index (χ4v) is 2.78. The molecule has 0 aromatic heterocycles. The quantitative estimate of drug-likeness (QED) is 0.930. The summed E-state index contributed by atoms with van der Waals surface area (Å²) in [4.78, 5) is 25.8. The van der Waals surface area contributed by atoms with Gasteiger partial charge in [0.2, 0.25) is 11.8 Å². The van der Waals surface area contributed by atoms with E-state index in [-0.39, 0.29) is 30.0 Å². The Balaban J connectivity index is 1.63. The first-order valence-electron chi connectivity index (χ1n) is 7.10. The van der Waals surface area contributed by atoms with E-state index in [1.54, 1.807) is 4.90 Å². The van der Waals surface area contributed by atoms with Crippen LogP contribution in [-0.4, -0.2) is 29.3 Å². The molecule has 0 spiro atoms. The molecule has 1 atom stereocenters. The molecule has 6 heteroatoms. The Morgan fingerprint density at radius 2 is 2.00 bits per heavy atom. The largest absolute Gasteiger partial charge is 0.339 e. The van der Waals surface area contributed by atoms with E-state index >= 15 is 0 Å². The molecule has 1 aromatic carbocycles. The lowest BCUT2D eigenvalue weighted by atomic mass is 9.92. The van der Waals surface area contributed by atoms with Crippen LogP contribution in [0.15, 0.2) is 18.2 Å². The molecule has 2 fully saturated rings. The summed E-state index contributed by atoms with van der Waals surface area (Å²) in [5, 5.41) is 2.54. The maximum Gasteiger partial charge on any atom is 0.229 e. The minimum absolute atomic E-state index is 0.00476. The van der Waals surface area contributed by atoms with Crippen LogP contribution < -0.4 is 5.32 Å². The molecular weight excluding hydrogens is 278 g/mol. The van der Waals surface area contributed by atoms with Gasteiger partial charge < -0.3 is 10.2 Å². The summed E-state index contributed by atoms with van der Waals surface area (Å²) in [6.45, 7) is 0.416. The van der Waals surface area contributed by atoms with Crippen LogP contribution in [0.25, 0.3) is 0 Å². The maximum atomic E-state index is 13.1. The van der Waals surface area contributed by atoms with Gasteiger partial charge in [-0.1, -0.05) is 0 Å². The van der Waals surface area contributed by atoms with Crippen LogP contribution in [0, 0.1) is 17.6 Å². The van der Waals surface area contributed by atoms with E-state index in [0.717, 1.165) is 31.4 Å². The zero-order valence-electron chi connectivity index (χ0n) is 11.4. The van der Waals surface area contributed by atoms with Crippen molar-refractivity contribution in [3.63, 3.8) is 0 Å². The van der Waals surface area contributed by atoms with Crippen molar-refractivity contribution in [3.05, 3.63) is 29.8 Å². The Bertz CT molecular complexity index is 587. The molecule has 1 aliphatic carbocycles. The molecule has 1 saturated heterocycles. The number of nitrogens with one attached hydrogen (secondary N) is 1. The van der Waals surface area contributed by atoms with Crippen molar-refractivity contribution in [1.29, 1.82) is 0 Å². The molecule has 21 heavy (non-hydrogen) atoms. The standard InChI is InChI=1S/C15H16F2N2O2/c16-12-5-4-10(7-13(12)17)18-15(21)9-6-14(20)19(8-9)11-2-1-3-11/h4-5,7,9,11H,1-3,6,8H2,(H,18,21). The normalized spacial score (nSPS) is 22.3. The van der Waals surface area contributed by atoms with Crippen molar-refractivity contribution in [2.45, 2.75) is 31.7 Å². The number of likely N-dealkylation sites (tertiary alicyclic amines) is 1. The Hall–Kier alpha value is -1.98. The van der Waals surface area contributed by atoms with E-state index in [0.29, 0.717) is 6.54 Å². The SMILES string of the molecule is O=C(Nc1ccc(F)c(F)c1)C1CC(=O)N(C2CCC2)C1. The number of benzene rings is 1. The molecule has 1 unspecified atom stereocenters. The van der Waals surface area contributed by atoms with Crippen molar-refractivity contribution in [1.82, 2.24) is 4.90 Å². The molecule has 0 bridgehead atoms. The summed E-state index contributed by atoms with van der Waals surface area (Å²) in [5.41, 5.74) is 0.202. The summed E-state index contributed by atoms with van der Waals surface area (Å²) in [7, 11) is 0. The van der Waals surface area contributed by atoms with Crippen molar-refractivity contribution >= 4 is 17.5 Å². The van der Waals surface area contributed by atoms with E-state index in [1.165, 1.54) is 6.07 Å². The molecule has 2 amide bonds. The number of carbonyl (C=O) groups is 2. The van der Waals surface area contributed by atoms with Crippen molar-refractivity contribution in [2.24, 2.45) is 5.92 Å². The summed E-state index contributed by atoms with van der Waals surface area (Å²) in [5.74, 6) is -2.71. The van der Waals surface area contributed by atoms with Gasteiger partial charge in [-0.3, -0.25) is 9.59 Å². The minimum atomic E-state index is -1.01. The number of nitrogens with zero attached hydrogens (tertiary/aromatic N) is 1. The third-order valence-electron chi connectivity index (χ3n) is 4.23. The van der Waals surface area contributed by atoms with Gasteiger partial charge in [-0.25, -0.2) is 8.78 Å². The molecule has 1 N–H and O–H groups in total. The van der Waals surface area contributed by atoms with E-state index in [2.05, 4.69) is 5.32 Å². The molecule has 4 nitrogen and oxygen atoms in total. The highest BCUT2D eigenvalue weighted by molar-refractivity contribution is 5.97. The van der Waals surface area contributed by atoms with Gasteiger partial charge in [0.15, 0.2) is 11.6 Å². The highest BCUT2D eigenvalue weighted by atomic mass is 19.2. The molecule has 1 aromatic rings. The Kier molecular flexibility index (Phi) is 3.61. The number of amides is 2. The van der Waals surface area contributed by atoms with E-state index < -0.39 is 17.6 Å². The van der Waals surface area contributed by atoms with Gasteiger partial charge in [0.25, 0.3) is 0 Å². The molecule has 112 valence electrons. The minimum Gasteiger partial charge on any atom is -0.339 e. The number of carbonyl (C=O) groups excluding carboxylic acids is 2. The lowest BCUT2D eigenvalue weighted by molar-refractivity contribution is -0.131. The van der Waals surface area contributed by atoms with Gasteiger partial charge in [0, 0.05) is 30.8 Å². The van der Waals surface area contributed by atoms with Crippen LogP contribution in [0.4, 0.5) is 14.5 Å². The number of hydrogen-bond acceptors (Lipinski definition) is 2. The molecular formula is C15H16F2N2O2. The fraction of sp³-hybridized carbons (Fsp3) is 0.467. The Morgan fingerprint density at radius 1 is 1.24 bits per heavy atom. The first-order valence-corrected chi connectivity index (χ1v) is 7.10. The van der Waals surface area contributed by atoms with Crippen LogP contribution >= 0.6 is 0 Å². The van der Waals surface area contributed by atoms with E-state index in [1.807, 2.05) is 0 Å². The first-order chi connectivity index (χ1) is 10.0. The van der Waals surface area contributed by atoms with Crippen LogP contribution in [-0.2, 0) is 9.59 Å². The number of anilines is 1. The summed E-state index contributed by atoms with van der Waals surface area (Å²) in [6, 6.07) is 3.48. The molecule has 0 radical (unpaired) electrons. The number of halogens is 2. The highest BCUT2D eigenvalue weighted by Crippen LogP contribution is 2.31. The smallest absolute Gasteiger partial charge is 0.229 e. The second kappa shape index (κ2) is 5.42.